The average Bonchev–Trinajstić information content (AvgIpc) is 3.35. The van der Waals surface area contributed by atoms with E-state index in [1.54, 1.807) is 0 Å². The monoisotopic (exact) mass is 561 g/mol. The second-order valence-corrected chi connectivity index (χ2v) is 8.87. The lowest BCUT2D eigenvalue weighted by Gasteiger charge is -2.30. The molecule has 2 aromatic carbocycles. The van der Waals surface area contributed by atoms with Gasteiger partial charge in [0.05, 0.1) is 0 Å². The summed E-state index contributed by atoms with van der Waals surface area (Å²) in [7, 11) is 0. The normalized spacial score (nSPS) is 13.1. The molecule has 2 aromatic heterocycles. The largest absolute Gasteiger partial charge is 0.462 e. The Hall–Kier alpha value is -5.20. The van der Waals surface area contributed by atoms with E-state index in [0.717, 1.165) is 38.8 Å². The molecule has 4 rings (SSSR count). The highest BCUT2D eigenvalue weighted by atomic mass is 16.6. The van der Waals surface area contributed by atoms with Gasteiger partial charge >= 0.3 is 23.9 Å². The third-order valence-electron chi connectivity index (χ3n) is 5.66. The summed E-state index contributed by atoms with van der Waals surface area (Å²) >= 11 is 0. The Labute approximate surface area is 234 Å². The zero-order valence-corrected chi connectivity index (χ0v) is 22.7. The Balaban J connectivity index is 1.92. The molecule has 13 nitrogen and oxygen atoms in total. The summed E-state index contributed by atoms with van der Waals surface area (Å²) in [5.41, 5.74) is 2.49. The third-order valence-corrected chi connectivity index (χ3v) is 5.66. The molecule has 0 amide bonds. The van der Waals surface area contributed by atoms with Crippen LogP contribution >= 0.6 is 0 Å². The number of hydrogen-bond acceptors (Lipinski definition) is 12. The van der Waals surface area contributed by atoms with Gasteiger partial charge in [-0.2, -0.15) is 9.61 Å². The van der Waals surface area contributed by atoms with Crippen LogP contribution in [0.2, 0.25) is 0 Å². The van der Waals surface area contributed by atoms with Crippen LogP contribution in [0.15, 0.2) is 60.7 Å². The summed E-state index contributed by atoms with van der Waals surface area (Å²) in [4.78, 5) is 52.6. The molecule has 0 unspecified atom stereocenters. The first-order valence-corrected chi connectivity index (χ1v) is 12.5. The van der Waals surface area contributed by atoms with Gasteiger partial charge < -0.3 is 18.9 Å². The SMILES string of the molecule is CC(=O)OC[C@@H](OC(C)=O)[C@@H](OC(C)=O)[C@H](OC(C)=O)c1nnc2nc(-c3ccccc3)c(-c3ccccc3)nn12. The van der Waals surface area contributed by atoms with E-state index in [0.29, 0.717) is 11.4 Å². The highest BCUT2D eigenvalue weighted by molar-refractivity contribution is 5.78. The van der Waals surface area contributed by atoms with E-state index in [-0.39, 0.29) is 11.6 Å². The molecule has 4 aromatic rings. The standard InChI is InChI=1S/C28H27N5O8/c1-16(34)38-15-22(39-17(2)35)25(40-18(3)36)26(41-19(4)37)27-30-31-28-29-23(20-11-7-5-8-12-20)24(32-33(27)28)21-13-9-6-10-14-21/h5-14,22,25-26H,15H2,1-4H3/t22-,25-,26+/m1/s1. The van der Waals surface area contributed by atoms with Crippen molar-refractivity contribution < 1.29 is 38.1 Å². The maximum absolute atomic E-state index is 12.3. The molecule has 0 saturated heterocycles. The number of rotatable bonds is 10. The van der Waals surface area contributed by atoms with Crippen molar-refractivity contribution in [3.63, 3.8) is 0 Å². The molecule has 0 spiro atoms. The molecule has 2 heterocycles. The quantitative estimate of drug-likeness (QED) is 0.206. The topological polar surface area (TPSA) is 161 Å². The van der Waals surface area contributed by atoms with E-state index in [4.69, 9.17) is 29.0 Å². The van der Waals surface area contributed by atoms with Gasteiger partial charge in [0.25, 0.3) is 5.78 Å². The van der Waals surface area contributed by atoms with Crippen LogP contribution in [0.4, 0.5) is 0 Å². The van der Waals surface area contributed by atoms with Crippen molar-refractivity contribution in [1.29, 1.82) is 0 Å². The van der Waals surface area contributed by atoms with Crippen molar-refractivity contribution in [2.75, 3.05) is 6.61 Å². The van der Waals surface area contributed by atoms with Crippen LogP contribution in [0.25, 0.3) is 28.3 Å². The Morgan fingerprint density at radius 1 is 0.707 bits per heavy atom. The molecule has 0 saturated carbocycles. The molecule has 212 valence electrons. The predicted octanol–water partition coefficient (Wildman–Crippen LogP) is 2.88. The maximum atomic E-state index is 12.3. The van der Waals surface area contributed by atoms with Gasteiger partial charge in [-0.15, -0.1) is 10.2 Å². The van der Waals surface area contributed by atoms with Gasteiger partial charge in [-0.05, 0) is 0 Å². The fourth-order valence-corrected chi connectivity index (χ4v) is 4.09. The van der Waals surface area contributed by atoms with Crippen LogP contribution in [0.5, 0.6) is 0 Å². The molecule has 0 N–H and O–H groups in total. The van der Waals surface area contributed by atoms with Crippen molar-refractivity contribution in [2.24, 2.45) is 0 Å². The Bertz CT molecular complexity index is 1560. The number of carbonyl (C=O) groups excluding carboxylic acids is 4. The number of esters is 4. The Morgan fingerprint density at radius 3 is 1.80 bits per heavy atom. The first-order valence-electron chi connectivity index (χ1n) is 12.5. The van der Waals surface area contributed by atoms with Crippen molar-refractivity contribution in [3.8, 4) is 22.5 Å². The minimum atomic E-state index is -1.50. The maximum Gasteiger partial charge on any atom is 0.303 e. The number of fused-ring (bicyclic) bond motifs is 1. The molecular formula is C28H27N5O8. The van der Waals surface area contributed by atoms with Gasteiger partial charge in [0.15, 0.2) is 12.2 Å². The van der Waals surface area contributed by atoms with Crippen molar-refractivity contribution >= 4 is 29.7 Å². The van der Waals surface area contributed by atoms with E-state index in [9.17, 15) is 19.2 Å². The lowest BCUT2D eigenvalue weighted by molar-refractivity contribution is -0.190. The summed E-state index contributed by atoms with van der Waals surface area (Å²) in [6.07, 6.45) is -4.36. The van der Waals surface area contributed by atoms with Crippen molar-refractivity contribution in [2.45, 2.75) is 46.0 Å². The fraction of sp³-hybridized carbons (Fsp3) is 0.286. The molecule has 0 aliphatic heterocycles. The van der Waals surface area contributed by atoms with E-state index in [1.165, 1.54) is 4.52 Å². The summed E-state index contributed by atoms with van der Waals surface area (Å²) in [6, 6.07) is 18.6. The summed E-state index contributed by atoms with van der Waals surface area (Å²) in [5.74, 6) is -3.01. The zero-order chi connectivity index (χ0) is 29.5. The third kappa shape index (κ3) is 7.06. The van der Waals surface area contributed by atoms with Gasteiger partial charge in [0.1, 0.15) is 18.0 Å². The second-order valence-electron chi connectivity index (χ2n) is 8.87. The predicted molar refractivity (Wildman–Crippen MR) is 142 cm³/mol. The zero-order valence-electron chi connectivity index (χ0n) is 22.7. The molecule has 0 aliphatic carbocycles. The number of ether oxygens (including phenoxy) is 4. The number of carbonyl (C=O) groups is 4. The lowest BCUT2D eigenvalue weighted by atomic mass is 10.0. The van der Waals surface area contributed by atoms with Crippen LogP contribution in [-0.2, 0) is 38.1 Å². The first kappa shape index (κ1) is 28.8. The molecule has 0 radical (unpaired) electrons. The molecule has 13 heteroatoms. The second kappa shape index (κ2) is 12.8. The van der Waals surface area contributed by atoms with Gasteiger partial charge in [-0.1, -0.05) is 60.7 Å². The Kier molecular flexibility index (Phi) is 8.97. The van der Waals surface area contributed by atoms with Crippen LogP contribution in [-0.4, -0.2) is 67.5 Å². The number of aromatic nitrogens is 5. The lowest BCUT2D eigenvalue weighted by Crippen LogP contribution is -2.44. The fourth-order valence-electron chi connectivity index (χ4n) is 4.09. The number of nitrogens with zero attached hydrogens (tertiary/aromatic N) is 5. The van der Waals surface area contributed by atoms with E-state index in [2.05, 4.69) is 10.2 Å². The molecular weight excluding hydrogens is 534 g/mol. The van der Waals surface area contributed by atoms with Gasteiger partial charge in [0, 0.05) is 38.8 Å². The van der Waals surface area contributed by atoms with E-state index >= 15 is 0 Å². The van der Waals surface area contributed by atoms with Crippen LogP contribution in [0.3, 0.4) is 0 Å². The molecule has 0 aliphatic rings. The van der Waals surface area contributed by atoms with E-state index in [1.807, 2.05) is 60.7 Å². The van der Waals surface area contributed by atoms with Crippen LogP contribution in [0.1, 0.15) is 39.6 Å². The minimum absolute atomic E-state index is 0.0567. The molecule has 41 heavy (non-hydrogen) atoms. The van der Waals surface area contributed by atoms with Gasteiger partial charge in [-0.25, -0.2) is 4.98 Å². The smallest absolute Gasteiger partial charge is 0.303 e. The van der Waals surface area contributed by atoms with Crippen molar-refractivity contribution in [1.82, 2.24) is 24.8 Å². The summed E-state index contributed by atoms with van der Waals surface area (Å²) < 4.78 is 22.7. The van der Waals surface area contributed by atoms with Gasteiger partial charge in [-0.3, -0.25) is 19.2 Å². The average molecular weight is 562 g/mol. The van der Waals surface area contributed by atoms with Crippen LogP contribution in [0, 0.1) is 0 Å². The highest BCUT2D eigenvalue weighted by Crippen LogP contribution is 2.31. The summed E-state index contributed by atoms with van der Waals surface area (Å²) in [5, 5.41) is 13.1. The van der Waals surface area contributed by atoms with Gasteiger partial charge in [0.2, 0.25) is 11.9 Å². The molecule has 0 fully saturated rings. The first-order chi connectivity index (χ1) is 19.6. The molecule has 0 bridgehead atoms. The Morgan fingerprint density at radius 2 is 1.27 bits per heavy atom. The van der Waals surface area contributed by atoms with Crippen molar-refractivity contribution in [3.05, 3.63) is 66.5 Å². The van der Waals surface area contributed by atoms with E-state index < -0.39 is 48.8 Å². The van der Waals surface area contributed by atoms with Crippen LogP contribution < -0.4 is 0 Å². The number of hydrogen-bond donors (Lipinski definition) is 0. The summed E-state index contributed by atoms with van der Waals surface area (Å²) in [6.45, 7) is 4.05. The number of benzene rings is 2. The minimum Gasteiger partial charge on any atom is -0.462 e. The highest BCUT2D eigenvalue weighted by Gasteiger charge is 2.42. The molecule has 3 atom stereocenters.